The van der Waals surface area contributed by atoms with Gasteiger partial charge in [0, 0.05) is 19.0 Å². The zero-order valence-corrected chi connectivity index (χ0v) is 9.70. The van der Waals surface area contributed by atoms with Crippen molar-refractivity contribution in [1.29, 1.82) is 0 Å². The molecule has 0 atom stereocenters. The molecule has 0 saturated carbocycles. The molecule has 1 saturated heterocycles. The summed E-state index contributed by atoms with van der Waals surface area (Å²) in [6.45, 7) is 2.99. The molecule has 0 radical (unpaired) electrons. The first-order chi connectivity index (χ1) is 7.13. The largest absolute Gasteiger partial charge is 0.306 e. The normalized spacial score (nSPS) is 19.5. The SMILES string of the molecule is CN(C)C1CCN(CCC(=O)NN)CC1. The van der Waals surface area contributed by atoms with Crippen LogP contribution in [-0.2, 0) is 4.79 Å². The lowest BCUT2D eigenvalue weighted by molar-refractivity contribution is -0.121. The molecular formula is C10H22N4O. The number of carbonyl (C=O) groups excluding carboxylic acids is 1. The molecule has 1 fully saturated rings. The first-order valence-electron chi connectivity index (χ1n) is 5.51. The fourth-order valence-electron chi connectivity index (χ4n) is 1.99. The fraction of sp³-hybridized carbons (Fsp3) is 0.900. The zero-order valence-electron chi connectivity index (χ0n) is 9.70. The van der Waals surface area contributed by atoms with Crippen LogP contribution in [0.4, 0.5) is 0 Å². The van der Waals surface area contributed by atoms with Gasteiger partial charge in [0.2, 0.25) is 5.91 Å². The van der Waals surface area contributed by atoms with Gasteiger partial charge in [-0.15, -0.1) is 0 Å². The van der Waals surface area contributed by atoms with Crippen LogP contribution in [0, 0.1) is 0 Å². The Labute approximate surface area is 91.6 Å². The van der Waals surface area contributed by atoms with E-state index in [4.69, 9.17) is 5.84 Å². The monoisotopic (exact) mass is 214 g/mol. The number of hydrazine groups is 1. The summed E-state index contributed by atoms with van der Waals surface area (Å²) >= 11 is 0. The van der Waals surface area contributed by atoms with Crippen molar-refractivity contribution in [3.05, 3.63) is 0 Å². The van der Waals surface area contributed by atoms with E-state index in [2.05, 4.69) is 29.3 Å². The van der Waals surface area contributed by atoms with Crippen LogP contribution in [0.1, 0.15) is 19.3 Å². The van der Waals surface area contributed by atoms with E-state index in [1.807, 2.05) is 0 Å². The second kappa shape index (κ2) is 6.05. The highest BCUT2D eigenvalue weighted by Gasteiger charge is 2.20. The third-order valence-corrected chi connectivity index (χ3v) is 3.10. The van der Waals surface area contributed by atoms with Gasteiger partial charge >= 0.3 is 0 Å². The van der Waals surface area contributed by atoms with E-state index >= 15 is 0 Å². The van der Waals surface area contributed by atoms with Crippen LogP contribution in [-0.4, -0.2) is 55.5 Å². The molecule has 0 spiro atoms. The van der Waals surface area contributed by atoms with Gasteiger partial charge in [-0.05, 0) is 40.0 Å². The predicted molar refractivity (Wildman–Crippen MR) is 60.1 cm³/mol. The summed E-state index contributed by atoms with van der Waals surface area (Å²) in [4.78, 5) is 15.6. The molecule has 0 aromatic carbocycles. The number of hydrogen-bond acceptors (Lipinski definition) is 4. The summed E-state index contributed by atoms with van der Waals surface area (Å²) < 4.78 is 0. The van der Waals surface area contributed by atoms with E-state index in [1.54, 1.807) is 0 Å². The summed E-state index contributed by atoms with van der Waals surface area (Å²) in [5, 5.41) is 0. The van der Waals surface area contributed by atoms with Gasteiger partial charge in [-0.3, -0.25) is 10.2 Å². The van der Waals surface area contributed by atoms with Crippen LogP contribution < -0.4 is 11.3 Å². The molecule has 0 aromatic rings. The summed E-state index contributed by atoms with van der Waals surface area (Å²) in [5.74, 6) is 4.95. The topological polar surface area (TPSA) is 61.6 Å². The van der Waals surface area contributed by atoms with Gasteiger partial charge < -0.3 is 9.80 Å². The van der Waals surface area contributed by atoms with Crippen LogP contribution in [0.5, 0.6) is 0 Å². The highest BCUT2D eigenvalue weighted by molar-refractivity contribution is 5.75. The number of nitrogens with zero attached hydrogens (tertiary/aromatic N) is 2. The van der Waals surface area contributed by atoms with E-state index in [-0.39, 0.29) is 5.91 Å². The second-order valence-electron chi connectivity index (χ2n) is 4.35. The number of rotatable bonds is 4. The Kier molecular flexibility index (Phi) is 5.01. The Morgan fingerprint density at radius 3 is 2.53 bits per heavy atom. The number of amides is 1. The van der Waals surface area contributed by atoms with E-state index < -0.39 is 0 Å². The van der Waals surface area contributed by atoms with Crippen LogP contribution in [0.2, 0.25) is 0 Å². The summed E-state index contributed by atoms with van der Waals surface area (Å²) in [5.41, 5.74) is 2.16. The van der Waals surface area contributed by atoms with Crippen molar-refractivity contribution in [2.75, 3.05) is 33.7 Å². The average molecular weight is 214 g/mol. The number of likely N-dealkylation sites (tertiary alicyclic amines) is 1. The van der Waals surface area contributed by atoms with Crippen LogP contribution in [0.25, 0.3) is 0 Å². The minimum atomic E-state index is -0.0790. The molecule has 5 heteroatoms. The van der Waals surface area contributed by atoms with Crippen molar-refractivity contribution < 1.29 is 4.79 Å². The Morgan fingerprint density at radius 1 is 1.47 bits per heavy atom. The lowest BCUT2D eigenvalue weighted by atomic mass is 10.0. The van der Waals surface area contributed by atoms with Gasteiger partial charge in [-0.2, -0.15) is 0 Å². The molecule has 0 aromatic heterocycles. The first kappa shape index (κ1) is 12.4. The van der Waals surface area contributed by atoms with Gasteiger partial charge in [-0.25, -0.2) is 5.84 Å². The number of piperidine rings is 1. The van der Waals surface area contributed by atoms with Crippen molar-refractivity contribution in [2.24, 2.45) is 5.84 Å². The maximum absolute atomic E-state index is 11.0. The molecule has 1 heterocycles. The average Bonchev–Trinajstić information content (AvgIpc) is 2.26. The van der Waals surface area contributed by atoms with Crippen molar-refractivity contribution in [2.45, 2.75) is 25.3 Å². The predicted octanol–water partition coefficient (Wildman–Crippen LogP) is -0.608. The molecule has 3 N–H and O–H groups in total. The van der Waals surface area contributed by atoms with Gasteiger partial charge in [-0.1, -0.05) is 0 Å². The number of nitrogens with one attached hydrogen (secondary N) is 1. The minimum absolute atomic E-state index is 0.0790. The molecular weight excluding hydrogens is 192 g/mol. The van der Waals surface area contributed by atoms with Crippen LogP contribution in [0.15, 0.2) is 0 Å². The van der Waals surface area contributed by atoms with Gasteiger partial charge in [0.05, 0.1) is 0 Å². The minimum Gasteiger partial charge on any atom is -0.306 e. The maximum Gasteiger partial charge on any atom is 0.235 e. The molecule has 0 unspecified atom stereocenters. The van der Waals surface area contributed by atoms with E-state index in [0.29, 0.717) is 12.5 Å². The summed E-state index contributed by atoms with van der Waals surface area (Å²) in [7, 11) is 4.25. The molecule has 0 aliphatic carbocycles. The standard InChI is InChI=1S/C10H22N4O/c1-13(2)9-3-6-14(7-4-9)8-5-10(15)12-11/h9H,3-8,11H2,1-2H3,(H,12,15). The second-order valence-corrected chi connectivity index (χ2v) is 4.35. The molecule has 1 aliphatic rings. The van der Waals surface area contributed by atoms with Gasteiger partial charge in [0.25, 0.3) is 0 Å². The zero-order chi connectivity index (χ0) is 11.3. The Hall–Kier alpha value is -0.650. The highest BCUT2D eigenvalue weighted by atomic mass is 16.2. The molecule has 88 valence electrons. The third kappa shape index (κ3) is 4.15. The number of carbonyl (C=O) groups is 1. The molecule has 1 aliphatic heterocycles. The maximum atomic E-state index is 11.0. The summed E-state index contributed by atoms with van der Waals surface area (Å²) in [6, 6.07) is 0.699. The lowest BCUT2D eigenvalue weighted by Gasteiger charge is -2.34. The van der Waals surface area contributed by atoms with Crippen LogP contribution in [0.3, 0.4) is 0 Å². The van der Waals surface area contributed by atoms with Crippen molar-refractivity contribution in [3.8, 4) is 0 Å². The molecule has 1 amide bonds. The quantitative estimate of drug-likeness (QED) is 0.372. The van der Waals surface area contributed by atoms with Crippen LogP contribution >= 0.6 is 0 Å². The number of nitrogens with two attached hydrogens (primary N) is 1. The molecule has 1 rings (SSSR count). The fourth-order valence-corrected chi connectivity index (χ4v) is 1.99. The van der Waals surface area contributed by atoms with Gasteiger partial charge in [0.1, 0.15) is 0 Å². The molecule has 5 nitrogen and oxygen atoms in total. The molecule has 15 heavy (non-hydrogen) atoms. The van der Waals surface area contributed by atoms with Crippen molar-refractivity contribution in [1.82, 2.24) is 15.2 Å². The van der Waals surface area contributed by atoms with Gasteiger partial charge in [0.15, 0.2) is 0 Å². The first-order valence-corrected chi connectivity index (χ1v) is 5.51. The third-order valence-electron chi connectivity index (χ3n) is 3.10. The Morgan fingerprint density at radius 2 is 2.07 bits per heavy atom. The van der Waals surface area contributed by atoms with E-state index in [0.717, 1.165) is 19.6 Å². The smallest absolute Gasteiger partial charge is 0.235 e. The molecule has 0 bridgehead atoms. The summed E-state index contributed by atoms with van der Waals surface area (Å²) in [6.07, 6.45) is 2.89. The number of hydrogen-bond donors (Lipinski definition) is 2. The van der Waals surface area contributed by atoms with Crippen molar-refractivity contribution in [3.63, 3.8) is 0 Å². The Balaban J connectivity index is 2.17. The van der Waals surface area contributed by atoms with E-state index in [9.17, 15) is 4.79 Å². The Bertz CT molecular complexity index is 200. The highest BCUT2D eigenvalue weighted by Crippen LogP contribution is 2.13. The van der Waals surface area contributed by atoms with Crippen molar-refractivity contribution >= 4 is 5.91 Å². The lowest BCUT2D eigenvalue weighted by Crippen LogP contribution is -2.43. The van der Waals surface area contributed by atoms with E-state index in [1.165, 1.54) is 12.8 Å².